The molecule has 1 N–H and O–H groups in total. The minimum Gasteiger partial charge on any atom is -0.377 e. The molecule has 0 radical (unpaired) electrons. The maximum absolute atomic E-state index is 11.2. The van der Waals surface area contributed by atoms with E-state index in [1.165, 1.54) is 23.8 Å². The molecule has 0 aliphatic carbocycles. The zero-order valence-corrected chi connectivity index (χ0v) is 14.3. The second kappa shape index (κ2) is 8.43. The molecule has 1 heterocycles. The lowest BCUT2D eigenvalue weighted by Crippen LogP contribution is -2.44. The monoisotopic (exact) mass is 352 g/mol. The van der Waals surface area contributed by atoms with E-state index in [4.69, 9.17) is 10.00 Å². The van der Waals surface area contributed by atoms with E-state index in [-0.39, 0.29) is 11.8 Å². The summed E-state index contributed by atoms with van der Waals surface area (Å²) >= 11 is 0. The minimum atomic E-state index is -0.451. The van der Waals surface area contributed by atoms with Crippen LogP contribution in [0.15, 0.2) is 48.5 Å². The largest absolute Gasteiger partial charge is 0.377 e. The molecule has 134 valence electrons. The summed E-state index contributed by atoms with van der Waals surface area (Å²) in [6, 6.07) is 16.5. The van der Waals surface area contributed by atoms with Crippen molar-refractivity contribution in [2.45, 2.75) is 12.6 Å². The molecule has 1 unspecified atom stereocenters. The zero-order valence-electron chi connectivity index (χ0n) is 14.3. The number of ether oxygens (including phenoxy) is 1. The summed E-state index contributed by atoms with van der Waals surface area (Å²) in [4.78, 5) is 13.0. The second-order valence-corrected chi connectivity index (χ2v) is 6.20. The fourth-order valence-electron chi connectivity index (χ4n) is 3.02. The van der Waals surface area contributed by atoms with Gasteiger partial charge in [-0.2, -0.15) is 5.26 Å². The molecule has 2 aromatic rings. The third-order valence-corrected chi connectivity index (χ3v) is 4.31. The van der Waals surface area contributed by atoms with Gasteiger partial charge in [-0.15, -0.1) is 0 Å². The van der Waals surface area contributed by atoms with Gasteiger partial charge in [-0.05, 0) is 17.7 Å². The molecule has 7 heteroatoms. The first-order valence-corrected chi connectivity index (χ1v) is 8.46. The van der Waals surface area contributed by atoms with Gasteiger partial charge in [0.2, 0.25) is 0 Å². The third kappa shape index (κ3) is 4.57. The van der Waals surface area contributed by atoms with Gasteiger partial charge in [0.1, 0.15) is 5.69 Å². The van der Waals surface area contributed by atoms with Crippen LogP contribution in [0.4, 0.5) is 11.4 Å². The van der Waals surface area contributed by atoms with Crippen LogP contribution < -0.4 is 5.32 Å². The fourth-order valence-corrected chi connectivity index (χ4v) is 3.02. The van der Waals surface area contributed by atoms with Gasteiger partial charge in [0.05, 0.1) is 29.3 Å². The third-order valence-electron chi connectivity index (χ3n) is 4.31. The normalized spacial score (nSPS) is 17.4. The Morgan fingerprint density at radius 2 is 2.12 bits per heavy atom. The highest BCUT2D eigenvalue weighted by Gasteiger charge is 2.22. The first kappa shape index (κ1) is 17.9. The lowest BCUT2D eigenvalue weighted by atomic mass is 10.1. The highest BCUT2D eigenvalue weighted by atomic mass is 16.6. The molecule has 0 spiro atoms. The van der Waals surface area contributed by atoms with E-state index in [2.05, 4.69) is 22.3 Å². The number of nitrogens with one attached hydrogen (secondary N) is 1. The molecule has 0 amide bonds. The maximum atomic E-state index is 11.2. The number of hydrogen-bond acceptors (Lipinski definition) is 6. The first-order valence-electron chi connectivity index (χ1n) is 8.46. The van der Waals surface area contributed by atoms with Crippen LogP contribution in [0, 0.1) is 21.4 Å². The number of anilines is 1. The molecule has 1 aliphatic heterocycles. The Hall–Kier alpha value is -2.95. The molecule has 7 nitrogen and oxygen atoms in total. The van der Waals surface area contributed by atoms with Crippen LogP contribution in [0.1, 0.15) is 11.1 Å². The van der Waals surface area contributed by atoms with E-state index in [1.54, 1.807) is 0 Å². The van der Waals surface area contributed by atoms with Gasteiger partial charge in [-0.25, -0.2) is 0 Å². The lowest BCUT2D eigenvalue weighted by Gasteiger charge is -2.33. The van der Waals surface area contributed by atoms with Crippen LogP contribution in [0.2, 0.25) is 0 Å². The summed E-state index contributed by atoms with van der Waals surface area (Å²) in [5.74, 6) is 0. The standard InChI is InChI=1S/C19H20N4O3/c20-11-16-6-7-19(23(24)25)18(10-16)21-12-17-14-22(8-9-26-17)13-15-4-2-1-3-5-15/h1-7,10,17,21H,8-9,12-14H2. The van der Waals surface area contributed by atoms with E-state index in [1.807, 2.05) is 24.3 Å². The zero-order chi connectivity index (χ0) is 18.4. The number of morpholine rings is 1. The van der Waals surface area contributed by atoms with Crippen molar-refractivity contribution in [2.75, 3.05) is 31.6 Å². The Labute approximate surface area is 152 Å². The van der Waals surface area contributed by atoms with Gasteiger partial charge in [0.25, 0.3) is 5.69 Å². The molecular weight excluding hydrogens is 332 g/mol. The average Bonchev–Trinajstić information content (AvgIpc) is 2.67. The molecule has 1 aliphatic rings. The van der Waals surface area contributed by atoms with Crippen molar-refractivity contribution in [3.63, 3.8) is 0 Å². The number of nitriles is 1. The molecule has 1 fully saturated rings. The first-order chi connectivity index (χ1) is 12.7. The van der Waals surface area contributed by atoms with Crippen LogP contribution in [0.25, 0.3) is 0 Å². The summed E-state index contributed by atoms with van der Waals surface area (Å²) in [7, 11) is 0. The Kier molecular flexibility index (Phi) is 5.79. The van der Waals surface area contributed by atoms with Crippen molar-refractivity contribution < 1.29 is 9.66 Å². The highest BCUT2D eigenvalue weighted by molar-refractivity contribution is 5.64. The number of hydrogen-bond donors (Lipinski definition) is 1. The van der Waals surface area contributed by atoms with Gasteiger partial charge in [-0.1, -0.05) is 30.3 Å². The molecule has 26 heavy (non-hydrogen) atoms. The molecule has 0 aromatic heterocycles. The summed E-state index contributed by atoms with van der Waals surface area (Å²) in [5.41, 5.74) is 1.94. The van der Waals surface area contributed by atoms with Crippen molar-refractivity contribution >= 4 is 11.4 Å². The van der Waals surface area contributed by atoms with Crippen molar-refractivity contribution in [3.8, 4) is 6.07 Å². The lowest BCUT2D eigenvalue weighted by molar-refractivity contribution is -0.384. The predicted octanol–water partition coefficient (Wildman–Crippen LogP) is 2.78. The Balaban J connectivity index is 1.61. The van der Waals surface area contributed by atoms with Crippen LogP contribution in [0.3, 0.4) is 0 Å². The quantitative estimate of drug-likeness (QED) is 0.635. The van der Waals surface area contributed by atoms with Crippen LogP contribution >= 0.6 is 0 Å². The number of rotatable bonds is 6. The van der Waals surface area contributed by atoms with E-state index < -0.39 is 4.92 Å². The Morgan fingerprint density at radius 3 is 2.85 bits per heavy atom. The van der Waals surface area contributed by atoms with E-state index in [0.717, 1.165) is 19.6 Å². The average molecular weight is 352 g/mol. The SMILES string of the molecule is N#Cc1ccc([N+](=O)[O-])c(NCC2CN(Cc3ccccc3)CCO2)c1. The van der Waals surface area contributed by atoms with Gasteiger partial charge < -0.3 is 10.1 Å². The number of nitro benzene ring substituents is 1. The number of nitro groups is 1. The predicted molar refractivity (Wildman–Crippen MR) is 97.8 cm³/mol. The number of benzene rings is 2. The fraction of sp³-hybridized carbons (Fsp3) is 0.316. The minimum absolute atomic E-state index is 0.0408. The number of nitrogens with zero attached hydrogens (tertiary/aromatic N) is 3. The van der Waals surface area contributed by atoms with Crippen molar-refractivity contribution in [3.05, 3.63) is 69.8 Å². The summed E-state index contributed by atoms with van der Waals surface area (Å²) in [6.45, 7) is 3.52. The molecule has 0 bridgehead atoms. The Bertz CT molecular complexity index is 804. The van der Waals surface area contributed by atoms with Crippen molar-refractivity contribution in [2.24, 2.45) is 0 Å². The van der Waals surface area contributed by atoms with Gasteiger partial charge in [0, 0.05) is 32.2 Å². The second-order valence-electron chi connectivity index (χ2n) is 6.20. The summed E-state index contributed by atoms with van der Waals surface area (Å²) < 4.78 is 5.79. The van der Waals surface area contributed by atoms with Gasteiger partial charge >= 0.3 is 0 Å². The highest BCUT2D eigenvalue weighted by Crippen LogP contribution is 2.25. The molecule has 1 atom stereocenters. The van der Waals surface area contributed by atoms with Crippen molar-refractivity contribution in [1.29, 1.82) is 5.26 Å². The summed E-state index contributed by atoms with van der Waals surface area (Å²) in [5, 5.41) is 23.3. The molecular formula is C19H20N4O3. The molecule has 0 saturated carbocycles. The van der Waals surface area contributed by atoms with Gasteiger partial charge in [-0.3, -0.25) is 15.0 Å². The topological polar surface area (TPSA) is 91.4 Å². The van der Waals surface area contributed by atoms with Crippen LogP contribution in [-0.2, 0) is 11.3 Å². The van der Waals surface area contributed by atoms with E-state index >= 15 is 0 Å². The van der Waals surface area contributed by atoms with Crippen molar-refractivity contribution in [1.82, 2.24) is 4.90 Å². The summed E-state index contributed by atoms with van der Waals surface area (Å²) in [6.07, 6.45) is -0.0715. The van der Waals surface area contributed by atoms with E-state index in [0.29, 0.717) is 24.4 Å². The molecule has 1 saturated heterocycles. The smallest absolute Gasteiger partial charge is 0.292 e. The van der Waals surface area contributed by atoms with Crippen LogP contribution in [0.5, 0.6) is 0 Å². The van der Waals surface area contributed by atoms with E-state index in [9.17, 15) is 10.1 Å². The molecule has 3 rings (SSSR count). The van der Waals surface area contributed by atoms with Crippen LogP contribution in [-0.4, -0.2) is 42.2 Å². The van der Waals surface area contributed by atoms with Gasteiger partial charge in [0.15, 0.2) is 0 Å². The maximum Gasteiger partial charge on any atom is 0.292 e. The Morgan fingerprint density at radius 1 is 1.31 bits per heavy atom. The molecule has 2 aromatic carbocycles.